The van der Waals surface area contributed by atoms with E-state index in [2.05, 4.69) is 37.8 Å². The number of halogens is 3. The van der Waals surface area contributed by atoms with Gasteiger partial charge in [0.2, 0.25) is 0 Å². The number of benzene rings is 1. The van der Waals surface area contributed by atoms with Gasteiger partial charge in [0.25, 0.3) is 0 Å². The summed E-state index contributed by atoms with van der Waals surface area (Å²) in [5.41, 5.74) is 7.76. The van der Waals surface area contributed by atoms with E-state index in [1.807, 2.05) is 0 Å². The molecule has 46 heavy (non-hydrogen) atoms. The van der Waals surface area contributed by atoms with Gasteiger partial charge in [-0.25, -0.2) is 13.2 Å². The van der Waals surface area contributed by atoms with Crippen LogP contribution in [0.25, 0.3) is 32.2 Å². The number of anilines is 2. The Hall–Kier alpha value is -3.77. The number of alkyl halides is 1. The minimum atomic E-state index is -0.664. The molecule has 4 aromatic rings. The monoisotopic (exact) mass is 650 g/mol. The van der Waals surface area contributed by atoms with Crippen LogP contribution in [0.4, 0.5) is 24.0 Å². The summed E-state index contributed by atoms with van der Waals surface area (Å²) in [5.74, 6) is -0.706. The molecule has 3 fully saturated rings. The van der Waals surface area contributed by atoms with Crippen molar-refractivity contribution in [1.82, 2.24) is 24.8 Å². The van der Waals surface area contributed by atoms with Crippen molar-refractivity contribution in [3.05, 3.63) is 34.5 Å². The molecule has 0 radical (unpaired) electrons. The van der Waals surface area contributed by atoms with Gasteiger partial charge in [-0.2, -0.15) is 15.2 Å². The SMILES string of the molecule is CN1CCC[C@H]1COc1nc(N2C3CCC2CN(CCF)C3)c2c3c(c(-c4ncc(F)c5sc(N)c(C#N)c45)c(F)c2n1)COC3. The van der Waals surface area contributed by atoms with Gasteiger partial charge in [0.15, 0.2) is 11.6 Å². The van der Waals surface area contributed by atoms with Crippen LogP contribution in [-0.2, 0) is 18.0 Å². The molecule has 2 unspecified atom stereocenters. The molecular formula is C32H33F3N8O2S. The summed E-state index contributed by atoms with van der Waals surface area (Å²) >= 11 is 0.938. The van der Waals surface area contributed by atoms with Crippen LogP contribution in [0.2, 0.25) is 0 Å². The number of aromatic nitrogens is 3. The minimum absolute atomic E-state index is 0.0602. The lowest BCUT2D eigenvalue weighted by Crippen LogP contribution is -2.54. The highest BCUT2D eigenvalue weighted by molar-refractivity contribution is 7.23. The zero-order valence-electron chi connectivity index (χ0n) is 25.4. The third-order valence-electron chi connectivity index (χ3n) is 10.1. The molecule has 2 bridgehead atoms. The van der Waals surface area contributed by atoms with Crippen LogP contribution >= 0.6 is 11.3 Å². The second kappa shape index (κ2) is 11.5. The third-order valence-corrected chi connectivity index (χ3v) is 11.1. The van der Waals surface area contributed by atoms with Crippen LogP contribution in [0.1, 0.15) is 42.4 Å². The molecule has 10 nitrogen and oxygen atoms in total. The summed E-state index contributed by atoms with van der Waals surface area (Å²) in [7, 11) is 2.06. The molecule has 1 aromatic carbocycles. The zero-order valence-corrected chi connectivity index (χ0v) is 26.2. The van der Waals surface area contributed by atoms with E-state index < -0.39 is 18.3 Å². The topological polar surface area (TPSA) is 117 Å². The number of nitrogen functional groups attached to an aromatic ring is 1. The lowest BCUT2D eigenvalue weighted by atomic mass is 9.93. The first-order valence-corrected chi connectivity index (χ1v) is 16.5. The summed E-state index contributed by atoms with van der Waals surface area (Å²) in [6.45, 7) is 2.98. The number of rotatable bonds is 7. The Morgan fingerprint density at radius 3 is 2.63 bits per heavy atom. The van der Waals surface area contributed by atoms with Crippen molar-refractivity contribution in [1.29, 1.82) is 5.26 Å². The summed E-state index contributed by atoms with van der Waals surface area (Å²) in [5, 5.41) is 10.8. The number of ether oxygens (including phenoxy) is 2. The van der Waals surface area contributed by atoms with Crippen molar-refractivity contribution < 1.29 is 22.6 Å². The van der Waals surface area contributed by atoms with Crippen molar-refractivity contribution in [3.8, 4) is 23.3 Å². The zero-order chi connectivity index (χ0) is 31.7. The van der Waals surface area contributed by atoms with Crippen molar-refractivity contribution in [2.75, 3.05) is 57.1 Å². The molecule has 0 spiro atoms. The van der Waals surface area contributed by atoms with Gasteiger partial charge in [0.05, 0.1) is 40.8 Å². The van der Waals surface area contributed by atoms with E-state index in [9.17, 15) is 14.0 Å². The largest absolute Gasteiger partial charge is 0.462 e. The predicted molar refractivity (Wildman–Crippen MR) is 169 cm³/mol. The van der Waals surface area contributed by atoms with Crippen molar-refractivity contribution >= 4 is 43.1 Å². The second-order valence-electron chi connectivity index (χ2n) is 12.6. The van der Waals surface area contributed by atoms with Gasteiger partial charge in [-0.15, -0.1) is 11.3 Å². The molecule has 8 rings (SSSR count). The van der Waals surface area contributed by atoms with Crippen LogP contribution in [0.3, 0.4) is 0 Å². The van der Waals surface area contributed by atoms with Gasteiger partial charge in [0.1, 0.15) is 35.7 Å². The maximum Gasteiger partial charge on any atom is 0.319 e. The molecule has 4 aliphatic heterocycles. The molecule has 0 saturated carbocycles. The maximum atomic E-state index is 17.3. The number of likely N-dealkylation sites (tertiary alicyclic amines) is 2. The summed E-state index contributed by atoms with van der Waals surface area (Å²) < 4.78 is 57.8. The molecule has 3 atom stereocenters. The molecule has 2 N–H and O–H groups in total. The average molecular weight is 651 g/mol. The number of hydrogen-bond acceptors (Lipinski definition) is 11. The van der Waals surface area contributed by atoms with Crippen LogP contribution in [-0.4, -0.2) is 89.4 Å². The molecule has 3 saturated heterocycles. The quantitative estimate of drug-likeness (QED) is 0.300. The molecule has 0 aliphatic carbocycles. The lowest BCUT2D eigenvalue weighted by molar-refractivity contribution is 0.135. The molecule has 7 heterocycles. The number of nitrogens with zero attached hydrogens (tertiary/aromatic N) is 7. The fourth-order valence-corrected chi connectivity index (χ4v) is 8.80. The van der Waals surface area contributed by atoms with E-state index in [-0.39, 0.29) is 74.8 Å². The number of nitriles is 1. The summed E-state index contributed by atoms with van der Waals surface area (Å²) in [4.78, 5) is 20.6. The normalized spacial score (nSPS) is 23.1. The molecule has 240 valence electrons. The molecular weight excluding hydrogens is 617 g/mol. The minimum Gasteiger partial charge on any atom is -0.462 e. The maximum absolute atomic E-state index is 17.3. The number of pyridine rings is 1. The number of thiophene rings is 1. The number of hydrogen-bond donors (Lipinski definition) is 1. The first-order valence-electron chi connectivity index (χ1n) is 15.7. The van der Waals surface area contributed by atoms with Gasteiger partial charge < -0.3 is 25.0 Å². The van der Waals surface area contributed by atoms with Gasteiger partial charge in [0, 0.05) is 48.7 Å². The van der Waals surface area contributed by atoms with Crippen molar-refractivity contribution in [2.45, 2.75) is 57.0 Å². The van der Waals surface area contributed by atoms with E-state index in [0.29, 0.717) is 43.0 Å². The fraction of sp³-hybridized carbons (Fsp3) is 0.500. The molecule has 3 aromatic heterocycles. The Balaban J connectivity index is 1.35. The first-order chi connectivity index (χ1) is 22.4. The smallest absolute Gasteiger partial charge is 0.319 e. The highest BCUT2D eigenvalue weighted by Crippen LogP contribution is 2.48. The number of fused-ring (bicyclic) bond motifs is 6. The van der Waals surface area contributed by atoms with Crippen LogP contribution in [0, 0.1) is 23.0 Å². The summed E-state index contributed by atoms with van der Waals surface area (Å²) in [6.07, 6.45) is 4.91. The number of piperazine rings is 1. The molecule has 4 aliphatic rings. The fourth-order valence-electron chi connectivity index (χ4n) is 7.88. The Kier molecular flexibility index (Phi) is 7.39. The highest BCUT2D eigenvalue weighted by Gasteiger charge is 2.43. The Labute approximate surface area is 267 Å². The Morgan fingerprint density at radius 1 is 1.13 bits per heavy atom. The summed E-state index contributed by atoms with van der Waals surface area (Å²) in [6, 6.07) is 2.48. The van der Waals surface area contributed by atoms with Gasteiger partial charge in [-0.05, 0) is 50.4 Å². The third kappa shape index (κ3) is 4.58. The van der Waals surface area contributed by atoms with Crippen LogP contribution in [0.15, 0.2) is 6.20 Å². The van der Waals surface area contributed by atoms with Crippen LogP contribution < -0.4 is 15.4 Å². The van der Waals surface area contributed by atoms with Crippen molar-refractivity contribution in [2.24, 2.45) is 0 Å². The average Bonchev–Trinajstić information content (AvgIpc) is 3.82. The standard InChI is InChI=1S/C32H33F3N8O2S/c1-41-7-2-3-18(41)13-45-32-39-28-25(31(40-32)43-16-4-5-17(43)12-42(11-16)8-6-33)21-15-44-14-20(21)23(26(28)35)27-24-19(9-36)30(37)46-29(24)22(34)10-38-27/h10,16-18H,2-8,11-15,37H2,1H3/t16?,17?,18-/m0/s1. The first kappa shape index (κ1) is 29.6. The Bertz CT molecular complexity index is 1900. The molecule has 14 heteroatoms. The second-order valence-corrected chi connectivity index (χ2v) is 13.7. The van der Waals surface area contributed by atoms with E-state index in [0.717, 1.165) is 55.3 Å². The molecule has 0 amide bonds. The van der Waals surface area contributed by atoms with E-state index in [4.69, 9.17) is 20.2 Å². The van der Waals surface area contributed by atoms with Crippen LogP contribution in [0.5, 0.6) is 6.01 Å². The van der Waals surface area contributed by atoms with E-state index in [1.54, 1.807) is 0 Å². The Morgan fingerprint density at radius 2 is 1.91 bits per heavy atom. The lowest BCUT2D eigenvalue weighted by Gasteiger charge is -2.42. The van der Waals surface area contributed by atoms with Gasteiger partial charge in [-0.3, -0.25) is 9.88 Å². The van der Waals surface area contributed by atoms with E-state index >= 15 is 4.39 Å². The van der Waals surface area contributed by atoms with Gasteiger partial charge >= 0.3 is 6.01 Å². The van der Waals surface area contributed by atoms with E-state index in [1.165, 1.54) is 0 Å². The number of likely N-dealkylation sites (N-methyl/N-ethyl adjacent to an activating group) is 1. The number of nitrogens with two attached hydrogens (primary N) is 1. The van der Waals surface area contributed by atoms with Gasteiger partial charge in [-0.1, -0.05) is 0 Å². The van der Waals surface area contributed by atoms with Crippen molar-refractivity contribution in [3.63, 3.8) is 0 Å². The highest BCUT2D eigenvalue weighted by atomic mass is 32.1. The predicted octanol–water partition coefficient (Wildman–Crippen LogP) is 4.76.